The quantitative estimate of drug-likeness (QED) is 0.715. The molecule has 7 nitrogen and oxygen atoms in total. The van der Waals surface area contributed by atoms with Crippen molar-refractivity contribution in [1.29, 1.82) is 0 Å². The molecule has 2 unspecified atom stereocenters. The van der Waals surface area contributed by atoms with Gasteiger partial charge < -0.3 is 10.1 Å². The predicted octanol–water partition coefficient (Wildman–Crippen LogP) is 2.34. The number of nitrogens with zero attached hydrogens (tertiary/aromatic N) is 2. The molecule has 9 heteroatoms. The third-order valence-corrected chi connectivity index (χ3v) is 7.30. The average Bonchev–Trinajstić information content (AvgIpc) is 3.10. The molecule has 0 aromatic heterocycles. The molecule has 0 saturated carbocycles. The van der Waals surface area contributed by atoms with Crippen LogP contribution in [0.5, 0.6) is 0 Å². The van der Waals surface area contributed by atoms with Gasteiger partial charge in [-0.25, -0.2) is 12.8 Å². The van der Waals surface area contributed by atoms with Crippen molar-refractivity contribution in [1.82, 2.24) is 10.2 Å². The van der Waals surface area contributed by atoms with E-state index in [1.54, 1.807) is 24.3 Å². The fourth-order valence-corrected chi connectivity index (χ4v) is 5.87. The van der Waals surface area contributed by atoms with E-state index in [4.69, 9.17) is 4.74 Å². The molecule has 1 fully saturated rings. The second-order valence-corrected chi connectivity index (χ2v) is 10.2. The minimum Gasteiger partial charge on any atom is -0.379 e. The molecule has 2 aliphatic heterocycles. The van der Waals surface area contributed by atoms with Crippen LogP contribution in [0.25, 0.3) is 0 Å². The fourth-order valence-electron chi connectivity index (χ4n) is 4.60. The molecule has 0 bridgehead atoms. The van der Waals surface area contributed by atoms with Crippen LogP contribution in [-0.2, 0) is 21.2 Å². The number of sulfonamides is 1. The second kappa shape index (κ2) is 9.17. The fraction of sp³-hybridized carbons (Fsp3) is 0.435. The smallest absolute Gasteiger partial charge is 0.251 e. The van der Waals surface area contributed by atoms with E-state index < -0.39 is 10.0 Å². The van der Waals surface area contributed by atoms with E-state index in [0.29, 0.717) is 50.5 Å². The maximum Gasteiger partial charge on any atom is 0.251 e. The van der Waals surface area contributed by atoms with Crippen molar-refractivity contribution in [3.63, 3.8) is 0 Å². The van der Waals surface area contributed by atoms with Crippen LogP contribution in [0.1, 0.15) is 34.5 Å². The Hall–Kier alpha value is -2.49. The first-order valence-corrected chi connectivity index (χ1v) is 12.6. The van der Waals surface area contributed by atoms with E-state index in [2.05, 4.69) is 10.2 Å². The summed E-state index contributed by atoms with van der Waals surface area (Å²) in [5.41, 5.74) is 2.75. The lowest BCUT2D eigenvalue weighted by atomic mass is 10.0. The molecule has 4 rings (SSSR count). The predicted molar refractivity (Wildman–Crippen MR) is 121 cm³/mol. The first kappa shape index (κ1) is 22.7. The van der Waals surface area contributed by atoms with Crippen LogP contribution in [0, 0.1) is 5.82 Å². The molecule has 1 amide bonds. The van der Waals surface area contributed by atoms with E-state index in [9.17, 15) is 17.6 Å². The van der Waals surface area contributed by atoms with Crippen molar-refractivity contribution < 1.29 is 22.3 Å². The van der Waals surface area contributed by atoms with Crippen LogP contribution in [0.2, 0.25) is 0 Å². The maximum atomic E-state index is 13.9. The van der Waals surface area contributed by atoms with Crippen molar-refractivity contribution in [2.24, 2.45) is 0 Å². The Labute approximate surface area is 188 Å². The van der Waals surface area contributed by atoms with Crippen LogP contribution < -0.4 is 9.62 Å². The molecule has 172 valence electrons. The van der Waals surface area contributed by atoms with Crippen LogP contribution in [0.3, 0.4) is 0 Å². The van der Waals surface area contributed by atoms with Crippen molar-refractivity contribution in [3.05, 3.63) is 65.0 Å². The van der Waals surface area contributed by atoms with Crippen LogP contribution in [0.15, 0.2) is 42.5 Å². The van der Waals surface area contributed by atoms with Gasteiger partial charge in [0.1, 0.15) is 5.82 Å². The van der Waals surface area contributed by atoms with E-state index >= 15 is 0 Å². The molecule has 2 atom stereocenters. The number of nitrogens with one attached hydrogen (secondary N) is 1. The Morgan fingerprint density at radius 1 is 1.22 bits per heavy atom. The Morgan fingerprint density at radius 3 is 2.66 bits per heavy atom. The monoisotopic (exact) mass is 461 g/mol. The van der Waals surface area contributed by atoms with Gasteiger partial charge in [0.2, 0.25) is 10.0 Å². The van der Waals surface area contributed by atoms with Gasteiger partial charge in [0.15, 0.2) is 0 Å². The van der Waals surface area contributed by atoms with Crippen LogP contribution >= 0.6 is 0 Å². The highest BCUT2D eigenvalue weighted by Gasteiger charge is 2.33. The average molecular weight is 462 g/mol. The number of anilines is 1. The topological polar surface area (TPSA) is 79.0 Å². The Morgan fingerprint density at radius 2 is 1.97 bits per heavy atom. The Balaban J connectivity index is 1.51. The molecular weight excluding hydrogens is 433 g/mol. The normalized spacial score (nSPS) is 20.1. The van der Waals surface area contributed by atoms with Gasteiger partial charge in [-0.15, -0.1) is 0 Å². The number of fused-ring (bicyclic) bond motifs is 1. The summed E-state index contributed by atoms with van der Waals surface area (Å²) in [5, 5.41) is 2.98. The summed E-state index contributed by atoms with van der Waals surface area (Å²) in [4.78, 5) is 15.1. The molecule has 0 aliphatic carbocycles. The molecule has 32 heavy (non-hydrogen) atoms. The van der Waals surface area contributed by atoms with Gasteiger partial charge in [0.25, 0.3) is 5.91 Å². The van der Waals surface area contributed by atoms with Gasteiger partial charge in [-0.1, -0.05) is 12.1 Å². The summed E-state index contributed by atoms with van der Waals surface area (Å²) in [6.07, 6.45) is 1.75. The number of amides is 1. The SMILES string of the molecule is CC1Cc2cc(C(=O)NCC(c3cccc(F)c3)N3CCOCC3)ccc2N1S(C)(=O)=O. The zero-order valence-electron chi connectivity index (χ0n) is 18.3. The summed E-state index contributed by atoms with van der Waals surface area (Å²) in [7, 11) is -3.38. The van der Waals surface area contributed by atoms with Crippen molar-refractivity contribution in [3.8, 4) is 0 Å². The summed E-state index contributed by atoms with van der Waals surface area (Å²) in [6.45, 7) is 4.78. The summed E-state index contributed by atoms with van der Waals surface area (Å²) < 4.78 is 44.9. The van der Waals surface area contributed by atoms with Gasteiger partial charge in [-0.3, -0.25) is 14.0 Å². The standard InChI is InChI=1S/C23H28FN3O4S/c1-16-12-19-13-18(6-7-21(19)27(16)32(2,29)30)23(28)25-15-22(26-8-10-31-11-9-26)17-4-3-5-20(24)14-17/h3-7,13-14,16,22H,8-12,15H2,1-2H3,(H,25,28). The van der Waals surface area contributed by atoms with Crippen molar-refractivity contribution in [2.45, 2.75) is 25.4 Å². The summed E-state index contributed by atoms with van der Waals surface area (Å²) in [6, 6.07) is 11.2. The zero-order valence-corrected chi connectivity index (χ0v) is 19.1. The minimum atomic E-state index is -3.38. The third kappa shape index (κ3) is 4.79. The van der Waals surface area contributed by atoms with Gasteiger partial charge in [-0.2, -0.15) is 0 Å². The van der Waals surface area contributed by atoms with Gasteiger partial charge in [0, 0.05) is 31.2 Å². The minimum absolute atomic E-state index is 0.172. The summed E-state index contributed by atoms with van der Waals surface area (Å²) >= 11 is 0. The van der Waals surface area contributed by atoms with E-state index in [1.165, 1.54) is 22.7 Å². The lowest BCUT2D eigenvalue weighted by Gasteiger charge is -2.35. The Kier molecular flexibility index (Phi) is 6.50. The van der Waals surface area contributed by atoms with Crippen molar-refractivity contribution in [2.75, 3.05) is 43.4 Å². The molecule has 2 heterocycles. The molecule has 2 aromatic carbocycles. The molecular formula is C23H28FN3O4S. The molecule has 0 spiro atoms. The number of rotatable bonds is 6. The highest BCUT2D eigenvalue weighted by atomic mass is 32.2. The number of carbonyl (C=O) groups is 1. The number of hydrogen-bond acceptors (Lipinski definition) is 5. The highest BCUT2D eigenvalue weighted by molar-refractivity contribution is 7.92. The number of morpholine rings is 1. The number of hydrogen-bond donors (Lipinski definition) is 1. The van der Waals surface area contributed by atoms with Gasteiger partial charge in [-0.05, 0) is 54.8 Å². The number of halogens is 1. The molecule has 0 radical (unpaired) electrons. The first-order valence-electron chi connectivity index (χ1n) is 10.7. The zero-order chi connectivity index (χ0) is 22.9. The lowest BCUT2D eigenvalue weighted by Crippen LogP contribution is -2.43. The van der Waals surface area contributed by atoms with E-state index in [1.807, 2.05) is 13.0 Å². The maximum absolute atomic E-state index is 13.9. The van der Waals surface area contributed by atoms with E-state index in [-0.39, 0.29) is 23.8 Å². The molecule has 1 N–H and O–H groups in total. The largest absolute Gasteiger partial charge is 0.379 e. The van der Waals surface area contributed by atoms with Crippen molar-refractivity contribution >= 4 is 21.6 Å². The third-order valence-electron chi connectivity index (χ3n) is 6.03. The van der Waals surface area contributed by atoms with Crippen LogP contribution in [-0.4, -0.2) is 64.4 Å². The summed E-state index contributed by atoms with van der Waals surface area (Å²) in [5.74, 6) is -0.553. The molecule has 1 saturated heterocycles. The molecule has 2 aliphatic rings. The van der Waals surface area contributed by atoms with Gasteiger partial charge in [0.05, 0.1) is 31.2 Å². The van der Waals surface area contributed by atoms with Gasteiger partial charge >= 0.3 is 0 Å². The Bertz CT molecular complexity index is 1100. The first-order chi connectivity index (χ1) is 15.2. The number of carbonyl (C=O) groups excluding carboxylic acids is 1. The van der Waals surface area contributed by atoms with Crippen LogP contribution in [0.4, 0.5) is 10.1 Å². The second-order valence-electron chi connectivity index (χ2n) is 8.38. The molecule has 2 aromatic rings. The number of benzene rings is 2. The lowest BCUT2D eigenvalue weighted by molar-refractivity contribution is 0.0162. The number of ether oxygens (including phenoxy) is 1. The van der Waals surface area contributed by atoms with E-state index in [0.717, 1.165) is 11.1 Å². The highest BCUT2D eigenvalue weighted by Crippen LogP contribution is 2.34.